The number of alkyl halides is 1. The van der Waals surface area contributed by atoms with Crippen molar-refractivity contribution in [1.29, 1.82) is 0 Å². The van der Waals surface area contributed by atoms with Crippen molar-refractivity contribution in [3.05, 3.63) is 18.7 Å². The van der Waals surface area contributed by atoms with E-state index in [1.165, 1.54) is 0 Å². The highest BCUT2D eigenvalue weighted by Gasteiger charge is 2.23. The summed E-state index contributed by atoms with van der Waals surface area (Å²) in [6.45, 7) is 7.07. The summed E-state index contributed by atoms with van der Waals surface area (Å²) in [6.07, 6.45) is 5.59. The van der Waals surface area contributed by atoms with Gasteiger partial charge in [0.25, 0.3) is 0 Å². The second-order valence-corrected chi connectivity index (χ2v) is 5.24. The molecule has 0 N–H and O–H groups in total. The fourth-order valence-corrected chi connectivity index (χ4v) is 2.26. The highest BCUT2D eigenvalue weighted by molar-refractivity contribution is 6.30. The minimum atomic E-state index is -0.414. The molecule has 0 aromatic carbocycles. The van der Waals surface area contributed by atoms with Crippen LogP contribution in [0.3, 0.4) is 0 Å². The SMILES string of the molecule is CC(Cl)C(=O)N1CCN(CCn2ccnc2)CC1. The second-order valence-electron chi connectivity index (χ2n) is 4.58. The molecule has 0 spiro atoms. The van der Waals surface area contributed by atoms with E-state index in [-0.39, 0.29) is 5.91 Å². The van der Waals surface area contributed by atoms with Gasteiger partial charge >= 0.3 is 0 Å². The fraction of sp³-hybridized carbons (Fsp3) is 0.667. The first-order valence-corrected chi connectivity index (χ1v) is 6.71. The van der Waals surface area contributed by atoms with Crippen molar-refractivity contribution in [2.75, 3.05) is 32.7 Å². The number of aromatic nitrogens is 2. The summed E-state index contributed by atoms with van der Waals surface area (Å²) in [7, 11) is 0. The molecule has 0 bridgehead atoms. The third-order valence-electron chi connectivity index (χ3n) is 3.26. The van der Waals surface area contributed by atoms with E-state index in [9.17, 15) is 4.79 Å². The van der Waals surface area contributed by atoms with Crippen LogP contribution in [0.15, 0.2) is 18.7 Å². The third-order valence-corrected chi connectivity index (χ3v) is 3.44. The summed E-state index contributed by atoms with van der Waals surface area (Å²) in [5.41, 5.74) is 0. The van der Waals surface area contributed by atoms with Gasteiger partial charge in [-0.15, -0.1) is 11.6 Å². The fourth-order valence-electron chi connectivity index (χ4n) is 2.12. The van der Waals surface area contributed by atoms with Crippen molar-refractivity contribution in [2.24, 2.45) is 0 Å². The molecule has 2 rings (SSSR count). The first-order chi connectivity index (χ1) is 8.66. The Morgan fingerprint density at radius 2 is 2.06 bits per heavy atom. The van der Waals surface area contributed by atoms with E-state index in [0.717, 1.165) is 39.3 Å². The predicted octanol–water partition coefficient (Wildman–Crippen LogP) is 0.655. The van der Waals surface area contributed by atoms with Crippen molar-refractivity contribution in [1.82, 2.24) is 19.4 Å². The minimum Gasteiger partial charge on any atom is -0.339 e. The zero-order valence-electron chi connectivity index (χ0n) is 10.6. The van der Waals surface area contributed by atoms with Crippen LogP contribution in [0.5, 0.6) is 0 Å². The van der Waals surface area contributed by atoms with Gasteiger partial charge in [-0.05, 0) is 6.92 Å². The lowest BCUT2D eigenvalue weighted by molar-refractivity contribution is -0.132. The van der Waals surface area contributed by atoms with E-state index in [2.05, 4.69) is 14.5 Å². The molecule has 1 atom stereocenters. The Morgan fingerprint density at radius 1 is 1.33 bits per heavy atom. The Bertz CT molecular complexity index is 371. The lowest BCUT2D eigenvalue weighted by Crippen LogP contribution is -2.50. The normalized spacial score (nSPS) is 18.9. The largest absolute Gasteiger partial charge is 0.339 e. The topological polar surface area (TPSA) is 41.4 Å². The van der Waals surface area contributed by atoms with Crippen LogP contribution >= 0.6 is 11.6 Å². The van der Waals surface area contributed by atoms with Crippen LogP contribution in [0.4, 0.5) is 0 Å². The van der Waals surface area contributed by atoms with Crippen LogP contribution in [0.2, 0.25) is 0 Å². The van der Waals surface area contributed by atoms with E-state index in [1.54, 1.807) is 13.1 Å². The van der Waals surface area contributed by atoms with E-state index in [4.69, 9.17) is 11.6 Å². The molecular weight excluding hydrogens is 252 g/mol. The van der Waals surface area contributed by atoms with Gasteiger partial charge in [-0.25, -0.2) is 4.98 Å². The molecule has 100 valence electrons. The molecule has 18 heavy (non-hydrogen) atoms. The molecule has 6 heteroatoms. The summed E-state index contributed by atoms with van der Waals surface area (Å²) < 4.78 is 2.07. The van der Waals surface area contributed by atoms with Crippen LogP contribution in [-0.2, 0) is 11.3 Å². The second kappa shape index (κ2) is 6.20. The Balaban J connectivity index is 1.72. The zero-order valence-corrected chi connectivity index (χ0v) is 11.4. The lowest BCUT2D eigenvalue weighted by atomic mass is 10.3. The number of nitrogens with zero attached hydrogens (tertiary/aromatic N) is 4. The molecule has 1 aliphatic rings. The van der Waals surface area contributed by atoms with Crippen LogP contribution in [-0.4, -0.2) is 63.4 Å². The summed E-state index contributed by atoms with van der Waals surface area (Å²) in [4.78, 5) is 19.9. The number of piperazine rings is 1. The number of imidazole rings is 1. The van der Waals surface area contributed by atoms with E-state index in [1.807, 2.05) is 17.4 Å². The highest BCUT2D eigenvalue weighted by atomic mass is 35.5. The number of hydrogen-bond acceptors (Lipinski definition) is 3. The van der Waals surface area contributed by atoms with E-state index in [0.29, 0.717) is 0 Å². The Hall–Kier alpha value is -1.07. The number of carbonyl (C=O) groups is 1. The highest BCUT2D eigenvalue weighted by Crippen LogP contribution is 2.07. The molecule has 0 radical (unpaired) electrons. The van der Waals surface area contributed by atoms with Gasteiger partial charge in [-0.2, -0.15) is 0 Å². The smallest absolute Gasteiger partial charge is 0.240 e. The number of carbonyl (C=O) groups excluding carboxylic acids is 1. The van der Waals surface area contributed by atoms with E-state index < -0.39 is 5.38 Å². The standard InChI is InChI=1S/C12H19ClN4O/c1-11(13)12(18)17-8-6-15(7-9-17)4-5-16-3-2-14-10-16/h2-3,10-11H,4-9H2,1H3. The quantitative estimate of drug-likeness (QED) is 0.755. The van der Waals surface area contributed by atoms with Gasteiger partial charge in [0, 0.05) is 51.7 Å². The maximum Gasteiger partial charge on any atom is 0.240 e. The molecule has 1 amide bonds. The summed E-state index contributed by atoms with van der Waals surface area (Å²) >= 11 is 5.81. The summed E-state index contributed by atoms with van der Waals surface area (Å²) in [5.74, 6) is 0.0472. The molecule has 1 saturated heterocycles. The van der Waals surface area contributed by atoms with Crippen LogP contribution in [0.1, 0.15) is 6.92 Å². The Labute approximate surface area is 112 Å². The van der Waals surface area contributed by atoms with Gasteiger partial charge in [0.1, 0.15) is 5.38 Å². The molecule has 1 unspecified atom stereocenters. The molecule has 2 heterocycles. The summed E-state index contributed by atoms with van der Waals surface area (Å²) in [5, 5.41) is -0.414. The first-order valence-electron chi connectivity index (χ1n) is 6.28. The van der Waals surface area contributed by atoms with Gasteiger partial charge in [0.05, 0.1) is 6.33 Å². The van der Waals surface area contributed by atoms with Gasteiger partial charge in [0.2, 0.25) is 5.91 Å². The molecule has 5 nitrogen and oxygen atoms in total. The van der Waals surface area contributed by atoms with Crippen LogP contribution < -0.4 is 0 Å². The molecule has 1 aromatic rings. The average Bonchev–Trinajstić information content (AvgIpc) is 2.89. The molecule has 1 fully saturated rings. The summed E-state index contributed by atoms with van der Waals surface area (Å²) in [6, 6.07) is 0. The number of hydrogen-bond donors (Lipinski definition) is 0. The minimum absolute atomic E-state index is 0.0472. The first kappa shape index (κ1) is 13.4. The Morgan fingerprint density at radius 3 is 2.61 bits per heavy atom. The zero-order chi connectivity index (χ0) is 13.0. The number of amides is 1. The lowest BCUT2D eigenvalue weighted by Gasteiger charge is -2.35. The van der Waals surface area contributed by atoms with Crippen molar-refractivity contribution in [2.45, 2.75) is 18.8 Å². The molecule has 0 saturated carbocycles. The molecular formula is C12H19ClN4O. The number of halogens is 1. The van der Waals surface area contributed by atoms with E-state index >= 15 is 0 Å². The molecule has 0 aliphatic carbocycles. The van der Waals surface area contributed by atoms with Gasteiger partial charge in [-0.3, -0.25) is 9.69 Å². The van der Waals surface area contributed by atoms with Crippen molar-refractivity contribution in [3.63, 3.8) is 0 Å². The average molecular weight is 271 g/mol. The van der Waals surface area contributed by atoms with Gasteiger partial charge < -0.3 is 9.47 Å². The number of rotatable bonds is 4. The van der Waals surface area contributed by atoms with Crippen LogP contribution in [0, 0.1) is 0 Å². The maximum absolute atomic E-state index is 11.7. The van der Waals surface area contributed by atoms with Crippen molar-refractivity contribution in [3.8, 4) is 0 Å². The maximum atomic E-state index is 11.7. The Kier molecular flexibility index (Phi) is 4.60. The van der Waals surface area contributed by atoms with Gasteiger partial charge in [0.15, 0.2) is 0 Å². The van der Waals surface area contributed by atoms with Gasteiger partial charge in [-0.1, -0.05) is 0 Å². The predicted molar refractivity (Wildman–Crippen MR) is 70.6 cm³/mol. The van der Waals surface area contributed by atoms with Crippen LogP contribution in [0.25, 0.3) is 0 Å². The van der Waals surface area contributed by atoms with Crippen molar-refractivity contribution < 1.29 is 4.79 Å². The van der Waals surface area contributed by atoms with Crippen molar-refractivity contribution >= 4 is 17.5 Å². The monoisotopic (exact) mass is 270 g/mol. The third kappa shape index (κ3) is 3.46. The molecule has 1 aliphatic heterocycles. The molecule has 1 aromatic heterocycles.